The Kier molecular flexibility index (Phi) is 2.64. The van der Waals surface area contributed by atoms with Crippen LogP contribution >= 0.6 is 23.2 Å². The fraction of sp³-hybridized carbons (Fsp3) is 0.615. The number of nitrogens with zero attached hydrogens (tertiary/aromatic N) is 1. The predicted molar refractivity (Wildman–Crippen MR) is 66.9 cm³/mol. The number of alkyl halides is 1. The van der Waals surface area contributed by atoms with Gasteiger partial charge in [-0.1, -0.05) is 11.6 Å². The van der Waals surface area contributed by atoms with Crippen molar-refractivity contribution in [3.05, 3.63) is 29.0 Å². The Morgan fingerprint density at radius 1 is 1.38 bits per heavy atom. The molecule has 3 rings (SSSR count). The highest BCUT2D eigenvalue weighted by Crippen LogP contribution is 2.61. The summed E-state index contributed by atoms with van der Waals surface area (Å²) >= 11 is 12.4. The van der Waals surface area contributed by atoms with Gasteiger partial charge in [-0.15, -0.1) is 11.6 Å². The van der Waals surface area contributed by atoms with Crippen molar-refractivity contribution in [3.63, 3.8) is 0 Å². The number of rotatable bonds is 3. The van der Waals surface area contributed by atoms with Gasteiger partial charge in [0, 0.05) is 18.3 Å². The van der Waals surface area contributed by atoms with Gasteiger partial charge < -0.3 is 0 Å². The molecule has 2 saturated carbocycles. The van der Waals surface area contributed by atoms with Crippen molar-refractivity contribution in [2.45, 2.75) is 25.7 Å². The minimum absolute atomic E-state index is 0.306. The van der Waals surface area contributed by atoms with Gasteiger partial charge in [-0.3, -0.25) is 4.98 Å². The summed E-state index contributed by atoms with van der Waals surface area (Å²) in [5.41, 5.74) is 1.51. The zero-order chi connectivity index (χ0) is 11.2. The Hall–Kier alpha value is -0.270. The lowest BCUT2D eigenvalue weighted by atomic mass is 9.79. The molecular weight excluding hydrogens is 241 g/mol. The molecule has 2 aliphatic carbocycles. The van der Waals surface area contributed by atoms with E-state index in [1.165, 1.54) is 24.8 Å². The second-order valence-corrected chi connectivity index (χ2v) is 6.12. The molecule has 1 nitrogen and oxygen atoms in total. The van der Waals surface area contributed by atoms with Crippen molar-refractivity contribution < 1.29 is 0 Å². The largest absolute Gasteiger partial charge is 0.263 e. The summed E-state index contributed by atoms with van der Waals surface area (Å²) in [6, 6.07) is 2.03. The third kappa shape index (κ3) is 1.84. The van der Waals surface area contributed by atoms with E-state index in [1.54, 1.807) is 6.20 Å². The van der Waals surface area contributed by atoms with Gasteiger partial charge in [0.05, 0.1) is 5.02 Å². The molecule has 2 fully saturated rings. The van der Waals surface area contributed by atoms with Gasteiger partial charge >= 0.3 is 0 Å². The van der Waals surface area contributed by atoms with Gasteiger partial charge in [-0.2, -0.15) is 0 Å². The topological polar surface area (TPSA) is 12.9 Å². The molecule has 0 radical (unpaired) electrons. The highest BCUT2D eigenvalue weighted by atomic mass is 35.5. The molecular formula is C13H15Cl2N. The molecule has 1 aromatic rings. The summed E-state index contributed by atoms with van der Waals surface area (Å²) in [4.78, 5) is 4.03. The lowest BCUT2D eigenvalue weighted by Gasteiger charge is -2.28. The van der Waals surface area contributed by atoms with Crippen molar-refractivity contribution >= 4 is 23.2 Å². The zero-order valence-electron chi connectivity index (χ0n) is 9.13. The molecule has 0 aromatic carbocycles. The highest BCUT2D eigenvalue weighted by Gasteiger charge is 2.53. The third-order valence-electron chi connectivity index (χ3n) is 4.16. The summed E-state index contributed by atoms with van der Waals surface area (Å²) in [5.74, 6) is 2.68. The number of halogens is 2. The normalized spacial score (nSPS) is 36.1. The van der Waals surface area contributed by atoms with E-state index in [2.05, 4.69) is 4.98 Å². The van der Waals surface area contributed by atoms with Crippen LogP contribution < -0.4 is 0 Å². The quantitative estimate of drug-likeness (QED) is 0.746. The number of hydrogen-bond acceptors (Lipinski definition) is 1. The summed E-state index contributed by atoms with van der Waals surface area (Å²) in [5, 5.41) is 0.785. The monoisotopic (exact) mass is 255 g/mol. The number of pyridine rings is 1. The van der Waals surface area contributed by atoms with Crippen LogP contribution in [0.5, 0.6) is 0 Å². The van der Waals surface area contributed by atoms with Crippen LogP contribution in [0.3, 0.4) is 0 Å². The smallest absolute Gasteiger partial charge is 0.0621 e. The first-order valence-corrected chi connectivity index (χ1v) is 6.78. The van der Waals surface area contributed by atoms with Crippen molar-refractivity contribution in [3.8, 4) is 0 Å². The molecule has 2 aliphatic rings. The SMILES string of the molecule is ClCC1(Cc2ccncc2Cl)CC2CC2C1. The minimum atomic E-state index is 0.306. The minimum Gasteiger partial charge on any atom is -0.263 e. The van der Waals surface area contributed by atoms with Crippen LogP contribution in [0.2, 0.25) is 5.02 Å². The average Bonchev–Trinajstić information content (AvgIpc) is 2.91. The maximum absolute atomic E-state index is 6.19. The molecule has 86 valence electrons. The van der Waals surface area contributed by atoms with Crippen LogP contribution in [0.4, 0.5) is 0 Å². The molecule has 0 saturated heterocycles. The summed E-state index contributed by atoms with van der Waals surface area (Å²) < 4.78 is 0. The predicted octanol–water partition coefficient (Wildman–Crippen LogP) is 3.93. The number of aromatic nitrogens is 1. The van der Waals surface area contributed by atoms with Crippen LogP contribution in [0.1, 0.15) is 24.8 Å². The second kappa shape index (κ2) is 3.89. The standard InChI is InChI=1S/C13H15Cl2N/c14-8-13(5-10-3-11(10)6-13)4-9-1-2-16-7-12(9)15/h1-2,7,10-11H,3-6,8H2. The lowest BCUT2D eigenvalue weighted by molar-refractivity contribution is 0.303. The van der Waals surface area contributed by atoms with E-state index in [4.69, 9.17) is 23.2 Å². The molecule has 1 heterocycles. The second-order valence-electron chi connectivity index (χ2n) is 5.44. The van der Waals surface area contributed by atoms with Gasteiger partial charge in [0.1, 0.15) is 0 Å². The van der Waals surface area contributed by atoms with Gasteiger partial charge in [-0.05, 0) is 54.6 Å². The number of hydrogen-bond donors (Lipinski definition) is 0. The molecule has 0 amide bonds. The van der Waals surface area contributed by atoms with Gasteiger partial charge in [0.2, 0.25) is 0 Å². The van der Waals surface area contributed by atoms with Crippen LogP contribution in [0.25, 0.3) is 0 Å². The summed E-state index contributed by atoms with van der Waals surface area (Å²) in [6.07, 6.45) is 8.58. The van der Waals surface area contributed by atoms with Gasteiger partial charge in [0.25, 0.3) is 0 Å². The highest BCUT2D eigenvalue weighted by molar-refractivity contribution is 6.31. The van der Waals surface area contributed by atoms with Crippen molar-refractivity contribution in [2.75, 3.05) is 5.88 Å². The lowest BCUT2D eigenvalue weighted by Crippen LogP contribution is -2.24. The van der Waals surface area contributed by atoms with E-state index < -0.39 is 0 Å². The Balaban J connectivity index is 1.80. The van der Waals surface area contributed by atoms with E-state index in [-0.39, 0.29) is 0 Å². The Bertz CT molecular complexity index is 395. The van der Waals surface area contributed by atoms with Crippen molar-refractivity contribution in [1.82, 2.24) is 4.98 Å². The van der Waals surface area contributed by atoms with Crippen molar-refractivity contribution in [1.29, 1.82) is 0 Å². The Morgan fingerprint density at radius 3 is 2.75 bits per heavy atom. The molecule has 1 aromatic heterocycles. The van der Waals surface area contributed by atoms with Crippen LogP contribution in [0.15, 0.2) is 18.5 Å². The maximum Gasteiger partial charge on any atom is 0.0621 e. The fourth-order valence-corrected chi connectivity index (χ4v) is 3.76. The summed E-state index contributed by atoms with van der Waals surface area (Å²) in [7, 11) is 0. The molecule has 0 bridgehead atoms. The van der Waals surface area contributed by atoms with E-state index in [0.29, 0.717) is 5.41 Å². The molecule has 0 spiro atoms. The molecule has 3 heteroatoms. The average molecular weight is 256 g/mol. The number of fused-ring (bicyclic) bond motifs is 1. The zero-order valence-corrected chi connectivity index (χ0v) is 10.6. The van der Waals surface area contributed by atoms with E-state index in [1.807, 2.05) is 12.3 Å². The van der Waals surface area contributed by atoms with Crippen LogP contribution in [-0.4, -0.2) is 10.9 Å². The fourth-order valence-electron chi connectivity index (χ4n) is 3.26. The molecule has 0 aliphatic heterocycles. The molecule has 2 atom stereocenters. The first-order valence-electron chi connectivity index (χ1n) is 5.87. The van der Waals surface area contributed by atoms with Crippen LogP contribution in [0, 0.1) is 17.3 Å². The Morgan fingerprint density at radius 2 is 2.12 bits per heavy atom. The third-order valence-corrected chi connectivity index (χ3v) is 5.07. The maximum atomic E-state index is 6.19. The van der Waals surface area contributed by atoms with Gasteiger partial charge in [0.15, 0.2) is 0 Å². The molecule has 0 N–H and O–H groups in total. The first kappa shape index (κ1) is 10.9. The van der Waals surface area contributed by atoms with E-state index >= 15 is 0 Å². The first-order chi connectivity index (χ1) is 7.72. The van der Waals surface area contributed by atoms with Gasteiger partial charge in [-0.25, -0.2) is 0 Å². The summed E-state index contributed by atoms with van der Waals surface area (Å²) in [6.45, 7) is 0. The molecule has 2 unspecified atom stereocenters. The van der Waals surface area contributed by atoms with E-state index in [9.17, 15) is 0 Å². The Labute approximate surface area is 106 Å². The van der Waals surface area contributed by atoms with Crippen molar-refractivity contribution in [2.24, 2.45) is 17.3 Å². The molecule has 16 heavy (non-hydrogen) atoms. The van der Waals surface area contributed by atoms with E-state index in [0.717, 1.165) is 29.2 Å². The van der Waals surface area contributed by atoms with Crippen LogP contribution in [-0.2, 0) is 6.42 Å².